The van der Waals surface area contributed by atoms with E-state index >= 15 is 0 Å². The zero-order valence-electron chi connectivity index (χ0n) is 19.0. The second kappa shape index (κ2) is 10.8. The van der Waals surface area contributed by atoms with E-state index in [0.717, 1.165) is 66.7 Å². The number of aliphatic carboxylic acids is 1. The zero-order chi connectivity index (χ0) is 23.2. The summed E-state index contributed by atoms with van der Waals surface area (Å²) in [6.07, 6.45) is 4.96. The number of aromatic nitrogens is 2. The fraction of sp³-hybridized carbons (Fsp3) is 0.407. The molecule has 0 spiro atoms. The number of benzene rings is 2. The molecule has 1 saturated carbocycles. The van der Waals surface area contributed by atoms with Gasteiger partial charge in [0, 0.05) is 17.7 Å². The van der Waals surface area contributed by atoms with Gasteiger partial charge in [0.25, 0.3) is 0 Å². The highest BCUT2D eigenvalue weighted by Crippen LogP contribution is 2.38. The van der Waals surface area contributed by atoms with Gasteiger partial charge in [-0.25, -0.2) is 9.18 Å². The van der Waals surface area contributed by atoms with Gasteiger partial charge in [-0.2, -0.15) is 5.10 Å². The zero-order valence-corrected chi connectivity index (χ0v) is 19.0. The molecule has 1 aliphatic rings. The second-order valence-electron chi connectivity index (χ2n) is 8.88. The summed E-state index contributed by atoms with van der Waals surface area (Å²) >= 11 is 0. The van der Waals surface area contributed by atoms with Crippen molar-refractivity contribution < 1.29 is 19.0 Å². The summed E-state index contributed by atoms with van der Waals surface area (Å²) in [7, 11) is 0. The lowest BCUT2D eigenvalue weighted by molar-refractivity contribution is -0.142. The molecule has 1 N–H and O–H groups in total. The lowest BCUT2D eigenvalue weighted by Gasteiger charge is -2.28. The smallest absolute Gasteiger partial charge is 0.329 e. The Labute approximate surface area is 194 Å². The average Bonchev–Trinajstić information content (AvgIpc) is 3.19. The van der Waals surface area contributed by atoms with Crippen molar-refractivity contribution in [2.45, 2.75) is 45.6 Å². The molecule has 5 nitrogen and oxygen atoms in total. The molecule has 0 saturated heterocycles. The highest BCUT2D eigenvalue weighted by Gasteiger charge is 2.26. The Morgan fingerprint density at radius 1 is 1.06 bits per heavy atom. The van der Waals surface area contributed by atoms with Crippen LogP contribution in [0.5, 0.6) is 0 Å². The SMILES string of the molecule is CCc1nn(C[C@H]2CC[C@@H](COCC(=O)O)CC2)c(-c2ccccc2)c1-c1cccc(F)c1. The summed E-state index contributed by atoms with van der Waals surface area (Å²) < 4.78 is 21.5. The highest BCUT2D eigenvalue weighted by atomic mass is 19.1. The van der Waals surface area contributed by atoms with Crippen molar-refractivity contribution >= 4 is 5.97 Å². The van der Waals surface area contributed by atoms with E-state index in [9.17, 15) is 9.18 Å². The first kappa shape index (κ1) is 23.2. The summed E-state index contributed by atoms with van der Waals surface area (Å²) in [5.74, 6) is -0.254. The molecule has 3 aromatic rings. The van der Waals surface area contributed by atoms with Crippen LogP contribution in [0.15, 0.2) is 54.6 Å². The Morgan fingerprint density at radius 3 is 2.42 bits per heavy atom. The third-order valence-electron chi connectivity index (χ3n) is 6.50. The summed E-state index contributed by atoms with van der Waals surface area (Å²) in [5.41, 5.74) is 4.98. The first-order valence-electron chi connectivity index (χ1n) is 11.8. The van der Waals surface area contributed by atoms with Gasteiger partial charge >= 0.3 is 5.97 Å². The molecule has 0 unspecified atom stereocenters. The number of carbonyl (C=O) groups is 1. The van der Waals surface area contributed by atoms with Crippen molar-refractivity contribution in [3.63, 3.8) is 0 Å². The van der Waals surface area contributed by atoms with Gasteiger partial charge in [0.2, 0.25) is 0 Å². The number of nitrogens with zero attached hydrogens (tertiary/aromatic N) is 2. The Kier molecular flexibility index (Phi) is 7.55. The van der Waals surface area contributed by atoms with Crippen molar-refractivity contribution in [1.29, 1.82) is 0 Å². The number of ether oxygens (including phenoxy) is 1. The first-order chi connectivity index (χ1) is 16.0. The van der Waals surface area contributed by atoms with Crippen LogP contribution in [-0.2, 0) is 22.5 Å². The van der Waals surface area contributed by atoms with E-state index in [-0.39, 0.29) is 12.4 Å². The quantitative estimate of drug-likeness (QED) is 0.446. The third kappa shape index (κ3) is 5.69. The van der Waals surface area contributed by atoms with Crippen LogP contribution in [0.25, 0.3) is 22.4 Å². The van der Waals surface area contributed by atoms with Gasteiger partial charge in [-0.05, 0) is 61.6 Å². The fourth-order valence-corrected chi connectivity index (χ4v) is 4.87. The van der Waals surface area contributed by atoms with Gasteiger partial charge in [-0.1, -0.05) is 49.4 Å². The molecule has 1 aromatic heterocycles. The van der Waals surface area contributed by atoms with Crippen LogP contribution in [0.1, 0.15) is 38.3 Å². The predicted octanol–water partition coefficient (Wildman–Crippen LogP) is 5.83. The van der Waals surface area contributed by atoms with Crippen LogP contribution in [-0.4, -0.2) is 34.1 Å². The Morgan fingerprint density at radius 2 is 1.76 bits per heavy atom. The molecule has 0 radical (unpaired) electrons. The maximum Gasteiger partial charge on any atom is 0.329 e. The number of halogens is 1. The molecule has 1 heterocycles. The number of carboxylic acid groups (broad SMARTS) is 1. The molecular formula is C27H31FN2O3. The van der Waals surface area contributed by atoms with Gasteiger partial charge in [0.05, 0.1) is 18.0 Å². The maximum atomic E-state index is 14.1. The van der Waals surface area contributed by atoms with E-state index < -0.39 is 5.97 Å². The van der Waals surface area contributed by atoms with E-state index in [1.54, 1.807) is 12.1 Å². The van der Waals surface area contributed by atoms with E-state index in [1.807, 2.05) is 24.3 Å². The molecule has 6 heteroatoms. The van der Waals surface area contributed by atoms with Crippen molar-refractivity contribution in [1.82, 2.24) is 9.78 Å². The number of carboxylic acids is 1. The van der Waals surface area contributed by atoms with Crippen molar-refractivity contribution in [2.24, 2.45) is 11.8 Å². The minimum Gasteiger partial charge on any atom is -0.480 e. The Balaban J connectivity index is 1.58. The van der Waals surface area contributed by atoms with Crippen LogP contribution in [0.2, 0.25) is 0 Å². The summed E-state index contributed by atoms with van der Waals surface area (Å²) in [6, 6.07) is 17.0. The van der Waals surface area contributed by atoms with E-state index in [0.29, 0.717) is 18.4 Å². The van der Waals surface area contributed by atoms with Gasteiger partial charge in [0.15, 0.2) is 0 Å². The summed E-state index contributed by atoms with van der Waals surface area (Å²) in [6.45, 7) is 3.19. The number of hydrogen-bond donors (Lipinski definition) is 1. The third-order valence-corrected chi connectivity index (χ3v) is 6.50. The maximum absolute atomic E-state index is 14.1. The van der Waals surface area contributed by atoms with Crippen LogP contribution >= 0.6 is 0 Å². The van der Waals surface area contributed by atoms with E-state index in [4.69, 9.17) is 14.9 Å². The van der Waals surface area contributed by atoms with Crippen molar-refractivity contribution in [3.05, 3.63) is 66.1 Å². The van der Waals surface area contributed by atoms with Crippen LogP contribution in [0, 0.1) is 17.7 Å². The van der Waals surface area contributed by atoms with E-state index in [1.165, 1.54) is 6.07 Å². The van der Waals surface area contributed by atoms with Gasteiger partial charge in [-0.15, -0.1) is 0 Å². The molecule has 174 valence electrons. The topological polar surface area (TPSA) is 64.4 Å². The molecule has 0 atom stereocenters. The normalized spacial score (nSPS) is 18.4. The molecule has 4 rings (SSSR count). The Hall–Kier alpha value is -2.99. The molecule has 0 aliphatic heterocycles. The molecule has 1 aliphatic carbocycles. The minimum absolute atomic E-state index is 0.226. The molecule has 0 bridgehead atoms. The van der Waals surface area contributed by atoms with Crippen molar-refractivity contribution in [2.75, 3.05) is 13.2 Å². The van der Waals surface area contributed by atoms with Crippen LogP contribution < -0.4 is 0 Å². The first-order valence-corrected chi connectivity index (χ1v) is 11.8. The molecular weight excluding hydrogens is 419 g/mol. The van der Waals surface area contributed by atoms with Gasteiger partial charge < -0.3 is 9.84 Å². The van der Waals surface area contributed by atoms with Crippen LogP contribution in [0.3, 0.4) is 0 Å². The number of aryl methyl sites for hydroxylation is 1. The lowest BCUT2D eigenvalue weighted by Crippen LogP contribution is -2.23. The molecule has 1 fully saturated rings. The standard InChI is InChI=1S/C27H31FN2O3/c1-2-24-26(22-9-6-10-23(28)15-22)27(21-7-4-3-5-8-21)30(29-24)16-19-11-13-20(14-12-19)17-33-18-25(31)32/h3-10,15,19-20H,2,11-14,16-18H2,1H3,(H,31,32)/t19-,20+. The Bertz CT molecular complexity index is 1070. The molecule has 33 heavy (non-hydrogen) atoms. The molecule has 2 aromatic carbocycles. The monoisotopic (exact) mass is 450 g/mol. The average molecular weight is 451 g/mol. The highest BCUT2D eigenvalue weighted by molar-refractivity contribution is 5.83. The minimum atomic E-state index is -0.920. The summed E-state index contributed by atoms with van der Waals surface area (Å²) in [5, 5.41) is 13.8. The predicted molar refractivity (Wildman–Crippen MR) is 126 cm³/mol. The van der Waals surface area contributed by atoms with E-state index in [2.05, 4.69) is 23.7 Å². The van der Waals surface area contributed by atoms with Gasteiger partial charge in [0.1, 0.15) is 12.4 Å². The second-order valence-corrected chi connectivity index (χ2v) is 8.88. The van der Waals surface area contributed by atoms with Crippen molar-refractivity contribution in [3.8, 4) is 22.4 Å². The van der Waals surface area contributed by atoms with Gasteiger partial charge in [-0.3, -0.25) is 4.68 Å². The lowest BCUT2D eigenvalue weighted by atomic mass is 9.82. The van der Waals surface area contributed by atoms with Crippen LogP contribution in [0.4, 0.5) is 4.39 Å². The number of hydrogen-bond acceptors (Lipinski definition) is 3. The number of rotatable bonds is 9. The molecule has 0 amide bonds. The fourth-order valence-electron chi connectivity index (χ4n) is 4.87. The summed E-state index contributed by atoms with van der Waals surface area (Å²) in [4.78, 5) is 10.7. The largest absolute Gasteiger partial charge is 0.480 e.